The molecule has 6 rings (SSSR count). The number of carbonyl (C=O) groups excluding carboxylic acids is 3. The Morgan fingerprint density at radius 2 is 1.30 bits per heavy atom. The van der Waals surface area contributed by atoms with Crippen LogP contribution in [0.2, 0.25) is 0 Å². The molecule has 1 fully saturated rings. The molecule has 0 aliphatic carbocycles. The van der Waals surface area contributed by atoms with Crippen LogP contribution < -0.4 is 19.3 Å². The third-order valence-electron chi connectivity index (χ3n) is 7.09. The van der Waals surface area contributed by atoms with Gasteiger partial charge in [-0.3, -0.25) is 9.59 Å². The first-order valence-electron chi connectivity index (χ1n) is 13.5. The van der Waals surface area contributed by atoms with Crippen LogP contribution in [0.5, 0.6) is 11.5 Å². The van der Waals surface area contributed by atoms with Crippen LogP contribution >= 0.6 is 15.9 Å². The molecule has 0 unspecified atom stereocenters. The number of carbonyl (C=O) groups is 3. The molecule has 1 aliphatic rings. The second-order valence-corrected chi connectivity index (χ2v) is 10.6. The van der Waals surface area contributed by atoms with Crippen LogP contribution in [0.3, 0.4) is 0 Å². The van der Waals surface area contributed by atoms with E-state index in [0.29, 0.717) is 39.5 Å². The van der Waals surface area contributed by atoms with E-state index in [0.717, 1.165) is 26.1 Å². The number of methoxy groups -OCH3 is 1. The molecule has 43 heavy (non-hydrogen) atoms. The summed E-state index contributed by atoms with van der Waals surface area (Å²) in [6, 6.07) is 33.9. The Kier molecular flexibility index (Phi) is 7.77. The van der Waals surface area contributed by atoms with Crippen molar-refractivity contribution in [1.29, 1.82) is 0 Å². The highest BCUT2D eigenvalue weighted by molar-refractivity contribution is 9.10. The van der Waals surface area contributed by atoms with Gasteiger partial charge in [-0.05, 0) is 80.3 Å². The summed E-state index contributed by atoms with van der Waals surface area (Å²) in [6.07, 6.45) is 1.46. The van der Waals surface area contributed by atoms with E-state index in [4.69, 9.17) is 9.47 Å². The van der Waals surface area contributed by atoms with Gasteiger partial charge in [0.05, 0.1) is 23.0 Å². The molecular formula is C35H25BrN2O5. The smallest absolute Gasteiger partial charge is 0.343 e. The highest BCUT2D eigenvalue weighted by atomic mass is 79.9. The molecule has 5 aromatic rings. The molecule has 8 heteroatoms. The van der Waals surface area contributed by atoms with Crippen LogP contribution in [0.25, 0.3) is 16.8 Å². The van der Waals surface area contributed by atoms with Crippen molar-refractivity contribution in [3.05, 3.63) is 136 Å². The first-order chi connectivity index (χ1) is 21.0. The maximum Gasteiger partial charge on any atom is 0.343 e. The van der Waals surface area contributed by atoms with E-state index < -0.39 is 17.8 Å². The number of anilines is 2. The van der Waals surface area contributed by atoms with Gasteiger partial charge in [0, 0.05) is 0 Å². The summed E-state index contributed by atoms with van der Waals surface area (Å²) in [5, 5.41) is 2.21. The van der Waals surface area contributed by atoms with Gasteiger partial charge < -0.3 is 9.47 Å². The number of halogens is 1. The Balaban J connectivity index is 1.37. The number of rotatable bonds is 7. The van der Waals surface area contributed by atoms with Gasteiger partial charge in [0.1, 0.15) is 12.2 Å². The van der Waals surface area contributed by atoms with E-state index in [-0.39, 0.29) is 5.57 Å². The summed E-state index contributed by atoms with van der Waals surface area (Å²) in [6.45, 7) is 0.300. The Hall–Kier alpha value is -5.21. The number of imide groups is 2. The standard InChI is InChI=1S/C35H25BrN2O5/c1-42-31-21-23(20-30(36)32(31)43-22-25-13-10-12-24-11-8-9-18-28(24)25)19-29-33(39)37(26-14-4-2-5-15-26)35(41)38(34(29)40)27-16-6-3-7-17-27/h2-21H,22H2,1H3. The molecule has 4 amide bonds. The topological polar surface area (TPSA) is 76.2 Å². The molecule has 1 heterocycles. The normalized spacial score (nSPS) is 13.4. The van der Waals surface area contributed by atoms with Gasteiger partial charge in [-0.1, -0.05) is 78.9 Å². The number of nitrogens with zero attached hydrogens (tertiary/aromatic N) is 2. The molecule has 1 saturated heterocycles. The second kappa shape index (κ2) is 12.0. The first kappa shape index (κ1) is 27.9. The molecule has 0 atom stereocenters. The maximum atomic E-state index is 13.7. The predicted octanol–water partition coefficient (Wildman–Crippen LogP) is 7.77. The van der Waals surface area contributed by atoms with Crippen molar-refractivity contribution in [3.63, 3.8) is 0 Å². The highest BCUT2D eigenvalue weighted by Gasteiger charge is 2.43. The Morgan fingerprint density at radius 3 is 1.93 bits per heavy atom. The lowest BCUT2D eigenvalue weighted by Crippen LogP contribution is -2.57. The minimum absolute atomic E-state index is 0.175. The number of ether oxygens (including phenoxy) is 2. The van der Waals surface area contributed by atoms with E-state index in [9.17, 15) is 14.4 Å². The van der Waals surface area contributed by atoms with Crippen LogP contribution in [-0.4, -0.2) is 25.0 Å². The van der Waals surface area contributed by atoms with Crippen molar-refractivity contribution >= 4 is 62.0 Å². The minimum Gasteiger partial charge on any atom is -0.493 e. The van der Waals surface area contributed by atoms with Gasteiger partial charge in [0.15, 0.2) is 11.5 Å². The van der Waals surface area contributed by atoms with E-state index in [1.165, 1.54) is 13.2 Å². The molecule has 212 valence electrons. The number of fused-ring (bicyclic) bond motifs is 1. The van der Waals surface area contributed by atoms with E-state index in [2.05, 4.69) is 34.1 Å². The van der Waals surface area contributed by atoms with Crippen LogP contribution in [0.1, 0.15) is 11.1 Å². The SMILES string of the molecule is COc1cc(C=C2C(=O)N(c3ccccc3)C(=O)N(c3ccccc3)C2=O)cc(Br)c1OCc1cccc2ccccc12. The van der Waals surface area contributed by atoms with Crippen molar-refractivity contribution < 1.29 is 23.9 Å². The average Bonchev–Trinajstić information content (AvgIpc) is 3.03. The fraction of sp³-hybridized carbons (Fsp3) is 0.0571. The zero-order chi connectivity index (χ0) is 29.9. The predicted molar refractivity (Wildman–Crippen MR) is 170 cm³/mol. The van der Waals surface area contributed by atoms with Gasteiger partial charge in [-0.2, -0.15) is 0 Å². The zero-order valence-electron chi connectivity index (χ0n) is 23.1. The monoisotopic (exact) mass is 632 g/mol. The molecular weight excluding hydrogens is 608 g/mol. The molecule has 0 N–H and O–H groups in total. The number of benzene rings is 5. The number of para-hydroxylation sites is 2. The van der Waals surface area contributed by atoms with Crippen molar-refractivity contribution in [2.45, 2.75) is 6.61 Å². The Morgan fingerprint density at radius 1 is 0.721 bits per heavy atom. The van der Waals surface area contributed by atoms with E-state index >= 15 is 0 Å². The molecule has 0 spiro atoms. The van der Waals surface area contributed by atoms with Crippen molar-refractivity contribution in [2.24, 2.45) is 0 Å². The molecule has 0 aromatic heterocycles. The lowest BCUT2D eigenvalue weighted by Gasteiger charge is -2.34. The van der Waals surface area contributed by atoms with Gasteiger partial charge in [-0.15, -0.1) is 0 Å². The second-order valence-electron chi connectivity index (χ2n) is 9.75. The Bertz CT molecular complexity index is 1820. The zero-order valence-corrected chi connectivity index (χ0v) is 24.7. The lowest BCUT2D eigenvalue weighted by atomic mass is 10.0. The number of amides is 4. The van der Waals surface area contributed by atoms with Gasteiger partial charge in [-0.25, -0.2) is 14.6 Å². The summed E-state index contributed by atoms with van der Waals surface area (Å²) in [5.41, 5.74) is 2.06. The average molecular weight is 633 g/mol. The van der Waals surface area contributed by atoms with Crippen LogP contribution in [0, 0.1) is 0 Å². The number of barbiturate groups is 1. The maximum absolute atomic E-state index is 13.7. The molecule has 0 saturated carbocycles. The van der Waals surface area contributed by atoms with Gasteiger partial charge >= 0.3 is 6.03 Å². The van der Waals surface area contributed by atoms with Gasteiger partial charge in [0.25, 0.3) is 11.8 Å². The summed E-state index contributed by atoms with van der Waals surface area (Å²) >= 11 is 3.58. The third-order valence-corrected chi connectivity index (χ3v) is 7.68. The first-order valence-corrected chi connectivity index (χ1v) is 14.3. The molecule has 0 bridgehead atoms. The van der Waals surface area contributed by atoms with Gasteiger partial charge in [0.2, 0.25) is 0 Å². The van der Waals surface area contributed by atoms with E-state index in [1.807, 2.05) is 24.3 Å². The summed E-state index contributed by atoms with van der Waals surface area (Å²) in [5.74, 6) is -0.557. The summed E-state index contributed by atoms with van der Waals surface area (Å²) in [7, 11) is 1.52. The minimum atomic E-state index is -0.750. The highest BCUT2D eigenvalue weighted by Crippen LogP contribution is 2.39. The van der Waals surface area contributed by atoms with Crippen molar-refractivity contribution in [2.75, 3.05) is 16.9 Å². The number of hydrogen-bond donors (Lipinski definition) is 0. The molecule has 1 aliphatic heterocycles. The fourth-order valence-corrected chi connectivity index (χ4v) is 5.61. The van der Waals surface area contributed by atoms with Crippen molar-refractivity contribution in [3.8, 4) is 11.5 Å². The van der Waals surface area contributed by atoms with Crippen LogP contribution in [0.4, 0.5) is 16.2 Å². The summed E-state index contributed by atoms with van der Waals surface area (Å²) in [4.78, 5) is 43.0. The number of hydrogen-bond acceptors (Lipinski definition) is 5. The largest absolute Gasteiger partial charge is 0.493 e. The van der Waals surface area contributed by atoms with E-state index in [1.54, 1.807) is 72.8 Å². The fourth-order valence-electron chi connectivity index (χ4n) is 5.04. The molecule has 0 radical (unpaired) electrons. The van der Waals surface area contributed by atoms with Crippen molar-refractivity contribution in [1.82, 2.24) is 0 Å². The lowest BCUT2D eigenvalue weighted by molar-refractivity contribution is -0.121. The third kappa shape index (κ3) is 5.40. The molecule has 7 nitrogen and oxygen atoms in total. The molecule has 5 aromatic carbocycles. The quantitative estimate of drug-likeness (QED) is 0.135. The van der Waals surface area contributed by atoms with Crippen LogP contribution in [-0.2, 0) is 16.2 Å². The Labute approximate surface area is 256 Å². The summed E-state index contributed by atoms with van der Waals surface area (Å²) < 4.78 is 12.4. The number of urea groups is 1. The van der Waals surface area contributed by atoms with Crippen LogP contribution in [0.15, 0.2) is 125 Å².